The zero-order valence-electron chi connectivity index (χ0n) is 17.0. The molecule has 154 valence electrons. The summed E-state index contributed by atoms with van der Waals surface area (Å²) < 4.78 is 5.27. The third-order valence-electron chi connectivity index (χ3n) is 4.10. The zero-order valence-corrected chi connectivity index (χ0v) is 17.0. The first-order chi connectivity index (χ1) is 13.8. The predicted molar refractivity (Wildman–Crippen MR) is 112 cm³/mol. The molecule has 0 bridgehead atoms. The number of ether oxygens (including phenoxy) is 1. The number of nitrogens with zero attached hydrogens (tertiary/aromatic N) is 1. The van der Waals surface area contributed by atoms with Gasteiger partial charge in [-0.2, -0.15) is 0 Å². The van der Waals surface area contributed by atoms with E-state index >= 15 is 0 Å². The van der Waals surface area contributed by atoms with Crippen molar-refractivity contribution < 1.29 is 19.1 Å². The van der Waals surface area contributed by atoms with Gasteiger partial charge in [-0.05, 0) is 42.9 Å². The van der Waals surface area contributed by atoms with Crippen molar-refractivity contribution in [2.24, 2.45) is 0 Å². The molecule has 0 unspecified atom stereocenters. The third kappa shape index (κ3) is 6.62. The normalized spacial score (nSPS) is 10.4. The molecule has 0 fully saturated rings. The Balaban J connectivity index is 1.97. The van der Waals surface area contributed by atoms with Crippen LogP contribution in [-0.2, 0) is 16.1 Å². The molecule has 0 aromatic heterocycles. The van der Waals surface area contributed by atoms with Crippen molar-refractivity contribution in [3.8, 4) is 5.75 Å². The first-order valence-corrected chi connectivity index (χ1v) is 9.07. The van der Waals surface area contributed by atoms with Crippen LogP contribution < -0.4 is 20.7 Å². The van der Waals surface area contributed by atoms with Crippen molar-refractivity contribution >= 4 is 29.1 Å². The van der Waals surface area contributed by atoms with E-state index in [-0.39, 0.29) is 24.3 Å². The Labute approximate surface area is 170 Å². The number of anilines is 2. The molecule has 2 rings (SSSR count). The van der Waals surface area contributed by atoms with E-state index in [1.807, 2.05) is 24.1 Å². The van der Waals surface area contributed by atoms with Gasteiger partial charge in [0.05, 0.1) is 19.3 Å². The van der Waals surface area contributed by atoms with Crippen molar-refractivity contribution in [3.63, 3.8) is 0 Å². The maximum Gasteiger partial charge on any atom is 0.251 e. The first-order valence-electron chi connectivity index (χ1n) is 9.07. The summed E-state index contributed by atoms with van der Waals surface area (Å²) in [6.07, 6.45) is 0. The number of hydrogen-bond acceptors (Lipinski definition) is 5. The molecule has 2 aromatic rings. The van der Waals surface area contributed by atoms with Gasteiger partial charge in [0.1, 0.15) is 5.75 Å². The molecular formula is C21H26N4O4. The van der Waals surface area contributed by atoms with Gasteiger partial charge in [-0.1, -0.05) is 12.1 Å². The first kappa shape index (κ1) is 21.9. The molecular weight excluding hydrogens is 372 g/mol. The molecule has 29 heavy (non-hydrogen) atoms. The molecule has 0 radical (unpaired) electrons. The van der Waals surface area contributed by atoms with E-state index in [1.54, 1.807) is 37.4 Å². The highest BCUT2D eigenvalue weighted by molar-refractivity contribution is 5.96. The summed E-state index contributed by atoms with van der Waals surface area (Å²) in [5.41, 5.74) is 2.62. The summed E-state index contributed by atoms with van der Waals surface area (Å²) >= 11 is 0. The maximum atomic E-state index is 12.4. The summed E-state index contributed by atoms with van der Waals surface area (Å²) in [7, 11) is 4.93. The quantitative estimate of drug-likeness (QED) is 0.632. The van der Waals surface area contributed by atoms with E-state index in [9.17, 15) is 14.4 Å². The van der Waals surface area contributed by atoms with Crippen LogP contribution in [-0.4, -0.2) is 50.4 Å². The van der Waals surface area contributed by atoms with Gasteiger partial charge in [0, 0.05) is 31.8 Å². The van der Waals surface area contributed by atoms with Gasteiger partial charge in [0.2, 0.25) is 11.8 Å². The Bertz CT molecular complexity index is 881. The molecule has 0 spiro atoms. The van der Waals surface area contributed by atoms with E-state index in [1.165, 1.54) is 14.0 Å². The molecule has 3 N–H and O–H groups in total. The molecule has 0 aliphatic carbocycles. The van der Waals surface area contributed by atoms with Gasteiger partial charge < -0.3 is 20.7 Å². The van der Waals surface area contributed by atoms with Crippen LogP contribution in [0.2, 0.25) is 0 Å². The maximum absolute atomic E-state index is 12.4. The highest BCUT2D eigenvalue weighted by atomic mass is 16.5. The molecule has 8 nitrogen and oxygen atoms in total. The summed E-state index contributed by atoms with van der Waals surface area (Å²) in [4.78, 5) is 37.1. The molecule has 0 saturated carbocycles. The zero-order chi connectivity index (χ0) is 21.4. The summed E-state index contributed by atoms with van der Waals surface area (Å²) in [5, 5.41) is 8.07. The smallest absolute Gasteiger partial charge is 0.251 e. The largest absolute Gasteiger partial charge is 0.495 e. The average Bonchev–Trinajstić information content (AvgIpc) is 2.67. The Hall–Kier alpha value is -3.39. The molecule has 2 aromatic carbocycles. The lowest BCUT2D eigenvalue weighted by Gasteiger charge is -2.18. The van der Waals surface area contributed by atoms with Gasteiger partial charge in [0.25, 0.3) is 5.91 Å². The van der Waals surface area contributed by atoms with Crippen molar-refractivity contribution in [2.45, 2.75) is 13.5 Å². The van der Waals surface area contributed by atoms with Crippen LogP contribution in [0.5, 0.6) is 5.75 Å². The lowest BCUT2D eigenvalue weighted by Crippen LogP contribution is -2.30. The fourth-order valence-corrected chi connectivity index (χ4v) is 2.80. The topological polar surface area (TPSA) is 99.8 Å². The van der Waals surface area contributed by atoms with Crippen LogP contribution in [0.15, 0.2) is 42.5 Å². The minimum atomic E-state index is -0.215. The number of carbonyl (C=O) groups excluding carboxylic acids is 3. The lowest BCUT2D eigenvalue weighted by atomic mass is 10.1. The monoisotopic (exact) mass is 398 g/mol. The second kappa shape index (κ2) is 10.2. The highest BCUT2D eigenvalue weighted by Gasteiger charge is 2.12. The van der Waals surface area contributed by atoms with Crippen LogP contribution >= 0.6 is 0 Å². The lowest BCUT2D eigenvalue weighted by molar-refractivity contribution is -0.117. The van der Waals surface area contributed by atoms with Crippen molar-refractivity contribution in [3.05, 3.63) is 53.6 Å². The summed E-state index contributed by atoms with van der Waals surface area (Å²) in [6, 6.07) is 12.2. The minimum Gasteiger partial charge on any atom is -0.495 e. The third-order valence-corrected chi connectivity index (χ3v) is 4.10. The minimum absolute atomic E-state index is 0.139. The van der Waals surface area contributed by atoms with Gasteiger partial charge in [-0.15, -0.1) is 0 Å². The second-order valence-electron chi connectivity index (χ2n) is 6.59. The summed E-state index contributed by atoms with van der Waals surface area (Å²) in [5.74, 6) is -0.0537. The number of rotatable bonds is 8. The second-order valence-corrected chi connectivity index (χ2v) is 6.59. The molecule has 0 atom stereocenters. The fourth-order valence-electron chi connectivity index (χ4n) is 2.80. The number of likely N-dealkylation sites (N-methyl/N-ethyl adjacent to an activating group) is 1. The SMILES string of the molecule is CNC(=O)c1ccc(CN(C)CC(=O)Nc2cc(NC(C)=O)ccc2OC)cc1. The number of carbonyl (C=O) groups is 3. The van der Waals surface area contributed by atoms with Crippen molar-refractivity contribution in [1.82, 2.24) is 10.2 Å². The van der Waals surface area contributed by atoms with Crippen LogP contribution in [0.1, 0.15) is 22.8 Å². The number of benzene rings is 2. The van der Waals surface area contributed by atoms with Crippen LogP contribution in [0, 0.1) is 0 Å². The van der Waals surface area contributed by atoms with E-state index in [4.69, 9.17) is 4.74 Å². The van der Waals surface area contributed by atoms with E-state index < -0.39 is 0 Å². The molecule has 8 heteroatoms. The number of hydrogen-bond donors (Lipinski definition) is 3. The Morgan fingerprint density at radius 3 is 2.31 bits per heavy atom. The molecule has 0 saturated heterocycles. The summed E-state index contributed by atoms with van der Waals surface area (Å²) in [6.45, 7) is 2.12. The van der Waals surface area contributed by atoms with Gasteiger partial charge in [-0.25, -0.2) is 0 Å². The molecule has 0 aliphatic heterocycles. The Morgan fingerprint density at radius 1 is 1.03 bits per heavy atom. The van der Waals surface area contributed by atoms with Crippen LogP contribution in [0.4, 0.5) is 11.4 Å². The number of nitrogens with one attached hydrogen (secondary N) is 3. The molecule has 3 amide bonds. The van der Waals surface area contributed by atoms with Crippen LogP contribution in [0.25, 0.3) is 0 Å². The van der Waals surface area contributed by atoms with Crippen LogP contribution in [0.3, 0.4) is 0 Å². The number of methoxy groups -OCH3 is 1. The Morgan fingerprint density at radius 2 is 1.72 bits per heavy atom. The number of amides is 3. The Kier molecular flexibility index (Phi) is 7.73. The van der Waals surface area contributed by atoms with E-state index in [0.717, 1.165) is 5.56 Å². The van der Waals surface area contributed by atoms with Crippen molar-refractivity contribution in [1.29, 1.82) is 0 Å². The van der Waals surface area contributed by atoms with Gasteiger partial charge >= 0.3 is 0 Å². The highest BCUT2D eigenvalue weighted by Crippen LogP contribution is 2.27. The van der Waals surface area contributed by atoms with Gasteiger partial charge in [-0.3, -0.25) is 19.3 Å². The fraction of sp³-hybridized carbons (Fsp3) is 0.286. The van der Waals surface area contributed by atoms with E-state index in [2.05, 4.69) is 16.0 Å². The van der Waals surface area contributed by atoms with E-state index in [0.29, 0.717) is 29.2 Å². The average molecular weight is 398 g/mol. The van der Waals surface area contributed by atoms with Crippen molar-refractivity contribution in [2.75, 3.05) is 38.4 Å². The molecule has 0 aliphatic rings. The molecule has 0 heterocycles. The van der Waals surface area contributed by atoms with Gasteiger partial charge in [0.15, 0.2) is 0 Å². The predicted octanol–water partition coefficient (Wildman–Crippen LogP) is 2.08. The standard InChI is InChI=1S/C21H26N4O4/c1-14(26)23-17-9-10-19(29-4)18(11-17)24-20(27)13-25(3)12-15-5-7-16(8-6-15)21(28)22-2/h5-11H,12-13H2,1-4H3,(H,22,28)(H,23,26)(H,24,27).